The van der Waals surface area contributed by atoms with E-state index in [9.17, 15) is 4.79 Å². The minimum absolute atomic E-state index is 0.0432. The van der Waals surface area contributed by atoms with E-state index in [0.29, 0.717) is 6.42 Å². The third-order valence-corrected chi connectivity index (χ3v) is 7.85. The first-order chi connectivity index (χ1) is 12.2. The van der Waals surface area contributed by atoms with Crippen LogP contribution in [-0.2, 0) is 10.2 Å². The molecule has 2 aromatic rings. The summed E-state index contributed by atoms with van der Waals surface area (Å²) in [4.78, 5) is 18.0. The number of Topliss-reactive ketones (excluding diaryl/α,β-unsaturated/α-hetero) is 1. The normalized spacial score (nSPS) is 24.0. The molecule has 0 spiro atoms. The number of carbonyl (C=O) groups excluding carboxylic acids is 1. The number of allylic oxidation sites excluding steroid dienone is 2. The maximum atomic E-state index is 13.3. The smallest absolute Gasteiger partial charge is 0.162 e. The van der Waals surface area contributed by atoms with Gasteiger partial charge < -0.3 is 5.32 Å². The molecule has 1 aliphatic carbocycles. The number of nitrogens with zero attached hydrogens (tertiary/aromatic N) is 1. The van der Waals surface area contributed by atoms with Crippen LogP contribution in [0.4, 0.5) is 5.82 Å². The molecule has 3 nitrogen and oxygen atoms in total. The Kier molecular flexibility index (Phi) is 4.30. The standard InChI is InChI=1S/C21H20BrIN2O/c1-20(2)9-14-16(15(26)10-20)21(3,12-7-5-4-6-8-12)17-18(22)13(23)11-24-19(17)25-14/h4-8,11H,9-10H2,1-3H3,(H,24,25). The van der Waals surface area contributed by atoms with Crippen molar-refractivity contribution in [2.24, 2.45) is 5.41 Å². The number of hydrogen-bond donors (Lipinski definition) is 1. The highest BCUT2D eigenvalue weighted by Gasteiger charge is 2.49. The highest BCUT2D eigenvalue weighted by Crippen LogP contribution is 2.54. The van der Waals surface area contributed by atoms with Crippen molar-refractivity contribution < 1.29 is 4.79 Å². The number of halogens is 2. The van der Waals surface area contributed by atoms with Crippen molar-refractivity contribution >= 4 is 50.1 Å². The number of rotatable bonds is 1. The van der Waals surface area contributed by atoms with Crippen LogP contribution in [0.1, 0.15) is 44.7 Å². The fraction of sp³-hybridized carbons (Fsp3) is 0.333. The Labute approximate surface area is 175 Å². The van der Waals surface area contributed by atoms with Gasteiger partial charge in [0.05, 0.1) is 5.41 Å². The number of anilines is 1. The Hall–Kier alpha value is -1.21. The van der Waals surface area contributed by atoms with Crippen molar-refractivity contribution in [2.45, 2.75) is 39.0 Å². The third-order valence-electron chi connectivity index (χ3n) is 5.47. The Morgan fingerprint density at radius 3 is 2.54 bits per heavy atom. The third kappa shape index (κ3) is 2.66. The second-order valence-corrected chi connectivity index (χ2v) is 10.0. The van der Waals surface area contributed by atoms with E-state index in [1.807, 2.05) is 24.4 Å². The number of nitrogens with one attached hydrogen (secondary N) is 1. The van der Waals surface area contributed by atoms with E-state index in [1.54, 1.807) is 0 Å². The van der Waals surface area contributed by atoms with Crippen LogP contribution < -0.4 is 5.32 Å². The summed E-state index contributed by atoms with van der Waals surface area (Å²) < 4.78 is 2.05. The molecule has 0 amide bonds. The molecule has 1 aliphatic heterocycles. The molecule has 0 fully saturated rings. The van der Waals surface area contributed by atoms with Crippen LogP contribution in [0.2, 0.25) is 0 Å². The second kappa shape index (κ2) is 6.16. The van der Waals surface area contributed by atoms with E-state index >= 15 is 0 Å². The van der Waals surface area contributed by atoms with Crippen LogP contribution in [0.3, 0.4) is 0 Å². The zero-order valence-corrected chi connectivity index (χ0v) is 18.7. The monoisotopic (exact) mass is 522 g/mol. The van der Waals surface area contributed by atoms with Crippen LogP contribution in [0, 0.1) is 8.99 Å². The molecule has 0 bridgehead atoms. The molecule has 0 saturated heterocycles. The van der Waals surface area contributed by atoms with Crippen molar-refractivity contribution in [3.63, 3.8) is 0 Å². The fourth-order valence-electron chi connectivity index (χ4n) is 4.35. The van der Waals surface area contributed by atoms with Crippen molar-refractivity contribution in [3.05, 3.63) is 67.0 Å². The number of benzene rings is 1. The van der Waals surface area contributed by atoms with Crippen molar-refractivity contribution in [2.75, 3.05) is 5.32 Å². The van der Waals surface area contributed by atoms with Gasteiger partial charge in [-0.2, -0.15) is 0 Å². The van der Waals surface area contributed by atoms with Gasteiger partial charge in [-0.1, -0.05) is 44.2 Å². The Morgan fingerprint density at radius 2 is 1.85 bits per heavy atom. The lowest BCUT2D eigenvalue weighted by atomic mass is 9.62. The average Bonchev–Trinajstić information content (AvgIpc) is 2.57. The quantitative estimate of drug-likeness (QED) is 0.479. The zero-order valence-electron chi connectivity index (χ0n) is 15.0. The summed E-state index contributed by atoms with van der Waals surface area (Å²) in [5, 5.41) is 3.49. The molecular formula is C21H20BrIN2O. The molecule has 1 aromatic heterocycles. The largest absolute Gasteiger partial charge is 0.343 e. The number of aromatic nitrogens is 1. The molecule has 5 heteroatoms. The molecule has 1 unspecified atom stereocenters. The SMILES string of the molecule is CC1(C)CC(=O)C2=C(C1)Nc1ncc(I)c(Br)c1C2(C)c1ccccc1. The molecule has 2 heterocycles. The van der Waals surface area contributed by atoms with Crippen molar-refractivity contribution in [1.29, 1.82) is 0 Å². The van der Waals surface area contributed by atoms with E-state index in [0.717, 1.165) is 42.7 Å². The minimum Gasteiger partial charge on any atom is -0.343 e. The maximum absolute atomic E-state index is 13.3. The van der Waals surface area contributed by atoms with E-state index < -0.39 is 5.41 Å². The Bertz CT molecular complexity index is 952. The number of hydrogen-bond acceptors (Lipinski definition) is 3. The highest BCUT2D eigenvalue weighted by atomic mass is 127. The molecule has 26 heavy (non-hydrogen) atoms. The molecule has 1 N–H and O–H groups in total. The zero-order chi connectivity index (χ0) is 18.7. The molecule has 4 rings (SSSR count). The van der Waals surface area contributed by atoms with Crippen LogP contribution >= 0.6 is 38.5 Å². The van der Waals surface area contributed by atoms with Crippen LogP contribution in [0.5, 0.6) is 0 Å². The van der Waals surface area contributed by atoms with Gasteiger partial charge in [0.2, 0.25) is 0 Å². The topological polar surface area (TPSA) is 42.0 Å². The van der Waals surface area contributed by atoms with E-state index in [1.165, 1.54) is 0 Å². The summed E-state index contributed by atoms with van der Waals surface area (Å²) in [5.41, 5.74) is 3.50. The first kappa shape index (κ1) is 18.2. The van der Waals surface area contributed by atoms with Gasteiger partial charge in [-0.15, -0.1) is 0 Å². The Balaban J connectivity index is 2.07. The lowest BCUT2D eigenvalue weighted by Crippen LogP contribution is -2.42. The van der Waals surface area contributed by atoms with Gasteiger partial charge in [0.15, 0.2) is 5.78 Å². The summed E-state index contributed by atoms with van der Waals surface area (Å²) >= 11 is 6.06. The summed E-state index contributed by atoms with van der Waals surface area (Å²) in [7, 11) is 0. The van der Waals surface area contributed by atoms with Gasteiger partial charge in [-0.3, -0.25) is 4.79 Å². The molecule has 1 aromatic carbocycles. The molecule has 1 atom stereocenters. The lowest BCUT2D eigenvalue weighted by Gasteiger charge is -2.45. The highest BCUT2D eigenvalue weighted by molar-refractivity contribution is 14.1. The summed E-state index contributed by atoms with van der Waals surface area (Å²) in [6.45, 7) is 6.47. The van der Waals surface area contributed by atoms with Crippen LogP contribution in [-0.4, -0.2) is 10.8 Å². The predicted molar refractivity (Wildman–Crippen MR) is 116 cm³/mol. The van der Waals surface area contributed by atoms with E-state index in [2.05, 4.69) is 81.7 Å². The van der Waals surface area contributed by atoms with E-state index in [-0.39, 0.29) is 11.2 Å². The van der Waals surface area contributed by atoms with Gasteiger partial charge in [0.1, 0.15) is 5.82 Å². The summed E-state index contributed by atoms with van der Waals surface area (Å²) in [6, 6.07) is 10.3. The number of ketones is 1. The maximum Gasteiger partial charge on any atom is 0.162 e. The fourth-order valence-corrected chi connectivity index (χ4v) is 5.45. The second-order valence-electron chi connectivity index (χ2n) is 8.05. The molecule has 134 valence electrons. The first-order valence-electron chi connectivity index (χ1n) is 8.68. The lowest BCUT2D eigenvalue weighted by molar-refractivity contribution is -0.118. The van der Waals surface area contributed by atoms with Crippen LogP contribution in [0.25, 0.3) is 0 Å². The van der Waals surface area contributed by atoms with E-state index in [4.69, 9.17) is 0 Å². The average molecular weight is 523 g/mol. The van der Waals surface area contributed by atoms with Crippen molar-refractivity contribution in [1.82, 2.24) is 4.98 Å². The van der Waals surface area contributed by atoms with Gasteiger partial charge in [-0.05, 0) is 62.8 Å². The number of fused-ring (bicyclic) bond motifs is 1. The van der Waals surface area contributed by atoms with Gasteiger partial charge in [0, 0.05) is 37.5 Å². The summed E-state index contributed by atoms with van der Waals surface area (Å²) in [6.07, 6.45) is 3.28. The molecule has 0 radical (unpaired) electrons. The number of carbonyl (C=O) groups is 1. The van der Waals surface area contributed by atoms with Gasteiger partial charge in [0.25, 0.3) is 0 Å². The number of pyridine rings is 1. The minimum atomic E-state index is -0.530. The molecule has 2 aliphatic rings. The molecule has 0 saturated carbocycles. The first-order valence-corrected chi connectivity index (χ1v) is 10.5. The van der Waals surface area contributed by atoms with Crippen molar-refractivity contribution in [3.8, 4) is 0 Å². The summed E-state index contributed by atoms with van der Waals surface area (Å²) in [5.74, 6) is 1.07. The van der Waals surface area contributed by atoms with Gasteiger partial charge in [-0.25, -0.2) is 4.98 Å². The van der Waals surface area contributed by atoms with Crippen LogP contribution in [0.15, 0.2) is 52.3 Å². The van der Waals surface area contributed by atoms with Gasteiger partial charge >= 0.3 is 0 Å². The molecular weight excluding hydrogens is 503 g/mol. The Morgan fingerprint density at radius 1 is 1.15 bits per heavy atom. The predicted octanol–water partition coefficient (Wildman–Crippen LogP) is 5.82.